The number of thiophene rings is 1. The molecule has 0 spiro atoms. The Hall–Kier alpha value is -1.04. The molecule has 31 heavy (non-hydrogen) atoms. The second-order valence-corrected chi connectivity index (χ2v) is 10.8. The van der Waals surface area contributed by atoms with E-state index in [1.54, 1.807) is 11.3 Å². The van der Waals surface area contributed by atoms with Crippen LogP contribution in [-0.2, 0) is 11.2 Å². The van der Waals surface area contributed by atoms with Crippen molar-refractivity contribution in [3.8, 4) is 0 Å². The third-order valence-corrected chi connectivity index (χ3v) is 7.89. The molecular weight excluding hydrogens is 408 g/mol. The molecule has 4 nitrogen and oxygen atoms in total. The molecule has 2 rings (SSSR count). The first-order valence-electron chi connectivity index (χ1n) is 12.3. The van der Waals surface area contributed by atoms with Gasteiger partial charge in [-0.1, -0.05) is 46.5 Å². The fraction of sp³-hybridized carbons (Fsp3) is 0.769. The lowest BCUT2D eigenvalue weighted by atomic mass is 9.85. The highest BCUT2D eigenvalue weighted by Gasteiger charge is 2.40. The zero-order valence-corrected chi connectivity index (χ0v) is 20.5. The van der Waals surface area contributed by atoms with Crippen molar-refractivity contribution in [2.75, 3.05) is 0 Å². The maximum Gasteiger partial charge on any atom is 0.175 e. The molecule has 1 fully saturated rings. The molecule has 0 radical (unpaired) electrons. The topological polar surface area (TPSA) is 74.6 Å². The quantitative estimate of drug-likeness (QED) is 0.255. The predicted octanol–water partition coefficient (Wildman–Crippen LogP) is 5.98. The summed E-state index contributed by atoms with van der Waals surface area (Å²) in [5.41, 5.74) is 0. The number of unbranched alkanes of at least 4 members (excludes halogenated alkanes) is 4. The smallest absolute Gasteiger partial charge is 0.175 e. The van der Waals surface area contributed by atoms with Crippen LogP contribution >= 0.6 is 11.3 Å². The summed E-state index contributed by atoms with van der Waals surface area (Å²) in [6, 6.07) is 3.96. The van der Waals surface area contributed by atoms with Gasteiger partial charge in [-0.15, -0.1) is 11.3 Å². The summed E-state index contributed by atoms with van der Waals surface area (Å²) < 4.78 is 0. The maximum absolute atomic E-state index is 12.3. The van der Waals surface area contributed by atoms with E-state index in [-0.39, 0.29) is 23.5 Å². The molecule has 0 aliphatic heterocycles. The van der Waals surface area contributed by atoms with Crippen molar-refractivity contribution in [1.29, 1.82) is 0 Å². The summed E-state index contributed by atoms with van der Waals surface area (Å²) in [4.78, 5) is 26.4. The minimum atomic E-state index is -0.505. The van der Waals surface area contributed by atoms with Gasteiger partial charge in [0.2, 0.25) is 0 Å². The van der Waals surface area contributed by atoms with Crippen LogP contribution in [0.1, 0.15) is 106 Å². The Morgan fingerprint density at radius 1 is 0.968 bits per heavy atom. The molecule has 5 heteroatoms. The molecule has 1 saturated carbocycles. The zero-order valence-electron chi connectivity index (χ0n) is 19.6. The lowest BCUT2D eigenvalue weighted by Gasteiger charge is -2.23. The first-order valence-corrected chi connectivity index (χ1v) is 13.2. The van der Waals surface area contributed by atoms with Crippen LogP contribution in [0.25, 0.3) is 0 Å². The largest absolute Gasteiger partial charge is 0.393 e. The summed E-state index contributed by atoms with van der Waals surface area (Å²) in [5.74, 6) is 0.580. The highest BCUT2D eigenvalue weighted by atomic mass is 32.1. The maximum atomic E-state index is 12.3. The lowest BCUT2D eigenvalue weighted by Crippen LogP contribution is -2.23. The number of ketones is 2. The number of carbonyl (C=O) groups excluding carboxylic acids is 2. The number of rotatable bonds is 15. The van der Waals surface area contributed by atoms with Gasteiger partial charge in [-0.25, -0.2) is 0 Å². The molecule has 1 aromatic heterocycles. The van der Waals surface area contributed by atoms with Crippen LogP contribution in [0.4, 0.5) is 0 Å². The van der Waals surface area contributed by atoms with Gasteiger partial charge >= 0.3 is 0 Å². The number of aliphatic hydroxyl groups is 2. The van der Waals surface area contributed by atoms with Crippen molar-refractivity contribution >= 4 is 22.9 Å². The first kappa shape index (κ1) is 26.2. The van der Waals surface area contributed by atoms with Gasteiger partial charge in [-0.2, -0.15) is 0 Å². The summed E-state index contributed by atoms with van der Waals surface area (Å²) in [5, 5.41) is 20.9. The van der Waals surface area contributed by atoms with E-state index in [1.165, 1.54) is 24.1 Å². The number of Topliss-reactive ketones (excluding diaryl/α,β-unsaturated/α-hetero) is 2. The Morgan fingerprint density at radius 3 is 2.32 bits per heavy atom. The average Bonchev–Trinajstić information content (AvgIpc) is 3.30. The third kappa shape index (κ3) is 8.43. The normalized spacial score (nSPS) is 23.5. The molecule has 1 aliphatic carbocycles. The lowest BCUT2D eigenvalue weighted by molar-refractivity contribution is -0.119. The molecule has 1 aliphatic rings. The van der Waals surface area contributed by atoms with Crippen LogP contribution in [0.5, 0.6) is 0 Å². The Kier molecular flexibility index (Phi) is 11.4. The van der Waals surface area contributed by atoms with Gasteiger partial charge in [0.1, 0.15) is 5.78 Å². The van der Waals surface area contributed by atoms with Crippen molar-refractivity contribution in [2.24, 2.45) is 17.8 Å². The minimum absolute atomic E-state index is 0.0143. The molecule has 0 unspecified atom stereocenters. The van der Waals surface area contributed by atoms with E-state index in [4.69, 9.17) is 0 Å². The molecule has 1 aromatic rings. The highest BCUT2D eigenvalue weighted by Crippen LogP contribution is 2.39. The number of aryl methyl sites for hydroxylation is 1. The second-order valence-electron chi connectivity index (χ2n) is 9.62. The second kappa shape index (κ2) is 13.5. The van der Waals surface area contributed by atoms with Crippen molar-refractivity contribution in [1.82, 2.24) is 0 Å². The van der Waals surface area contributed by atoms with Crippen molar-refractivity contribution in [2.45, 2.75) is 110 Å². The van der Waals surface area contributed by atoms with Crippen LogP contribution in [0.15, 0.2) is 12.1 Å². The van der Waals surface area contributed by atoms with Crippen molar-refractivity contribution in [3.05, 3.63) is 21.9 Å². The molecule has 1 heterocycles. The SMILES string of the molecule is CCCCCCCC(=O)CC[C@@H]1[C@@H](CCCc2ccc(C(=O)C(C)C)s2)[C@@H](O)C[C@H]1O. The standard InChI is InChI=1S/C26H42O4S/c1-4-5-6-7-8-10-19(27)13-15-22-21(23(28)17-24(22)29)12-9-11-20-14-16-25(31-20)26(30)18(2)3/h14,16,18,21-24,28-29H,4-13,15,17H2,1-3H3/t21-,22-,23+,24-/m1/s1. The summed E-state index contributed by atoms with van der Waals surface area (Å²) in [7, 11) is 0. The molecule has 176 valence electrons. The average molecular weight is 451 g/mol. The van der Waals surface area contributed by atoms with E-state index in [1.807, 2.05) is 26.0 Å². The van der Waals surface area contributed by atoms with E-state index in [0.717, 1.165) is 37.0 Å². The molecule has 2 N–H and O–H groups in total. The molecular formula is C26H42O4S. The van der Waals surface area contributed by atoms with Gasteiger partial charge < -0.3 is 10.2 Å². The van der Waals surface area contributed by atoms with Gasteiger partial charge in [0.05, 0.1) is 17.1 Å². The van der Waals surface area contributed by atoms with E-state index < -0.39 is 12.2 Å². The van der Waals surface area contributed by atoms with E-state index in [0.29, 0.717) is 31.5 Å². The van der Waals surface area contributed by atoms with Crippen LogP contribution in [0.3, 0.4) is 0 Å². The van der Waals surface area contributed by atoms with Gasteiger partial charge in [0.25, 0.3) is 0 Å². The van der Waals surface area contributed by atoms with E-state index >= 15 is 0 Å². The summed E-state index contributed by atoms with van der Waals surface area (Å²) in [6.07, 6.45) is 9.69. The molecule has 0 saturated heterocycles. The Bertz CT molecular complexity index is 681. The van der Waals surface area contributed by atoms with Gasteiger partial charge in [-0.3, -0.25) is 9.59 Å². The monoisotopic (exact) mass is 450 g/mol. The molecule has 4 atom stereocenters. The fourth-order valence-corrected chi connectivity index (χ4v) is 5.94. The van der Waals surface area contributed by atoms with Crippen LogP contribution in [0, 0.1) is 17.8 Å². The first-order chi connectivity index (χ1) is 14.8. The van der Waals surface area contributed by atoms with Crippen molar-refractivity contribution < 1.29 is 19.8 Å². The third-order valence-electron chi connectivity index (χ3n) is 6.73. The Balaban J connectivity index is 1.76. The molecule has 0 aromatic carbocycles. The van der Waals surface area contributed by atoms with E-state index in [9.17, 15) is 19.8 Å². The van der Waals surface area contributed by atoms with Crippen molar-refractivity contribution in [3.63, 3.8) is 0 Å². The van der Waals surface area contributed by atoms with E-state index in [2.05, 4.69) is 6.92 Å². The Labute approximate surface area is 192 Å². The number of hydrogen-bond donors (Lipinski definition) is 2. The van der Waals surface area contributed by atoms with Gasteiger partial charge in [0, 0.05) is 23.6 Å². The summed E-state index contributed by atoms with van der Waals surface area (Å²) >= 11 is 1.57. The number of aliphatic hydroxyl groups excluding tert-OH is 2. The van der Waals surface area contributed by atoms with Crippen LogP contribution < -0.4 is 0 Å². The number of carbonyl (C=O) groups is 2. The van der Waals surface area contributed by atoms with Gasteiger partial charge in [0.15, 0.2) is 5.78 Å². The van der Waals surface area contributed by atoms with Gasteiger partial charge in [-0.05, 0) is 62.5 Å². The zero-order chi connectivity index (χ0) is 22.8. The molecule has 0 bridgehead atoms. The van der Waals surface area contributed by atoms with Crippen LogP contribution in [-0.4, -0.2) is 34.0 Å². The number of hydrogen-bond acceptors (Lipinski definition) is 5. The highest BCUT2D eigenvalue weighted by molar-refractivity contribution is 7.14. The predicted molar refractivity (Wildman–Crippen MR) is 128 cm³/mol. The Morgan fingerprint density at radius 2 is 1.65 bits per heavy atom. The minimum Gasteiger partial charge on any atom is -0.393 e. The fourth-order valence-electron chi connectivity index (χ4n) is 4.80. The summed E-state index contributed by atoms with van der Waals surface area (Å²) in [6.45, 7) is 6.03. The molecule has 0 amide bonds. The van der Waals surface area contributed by atoms with Crippen LogP contribution in [0.2, 0.25) is 0 Å².